The van der Waals surface area contributed by atoms with Crippen molar-refractivity contribution in [3.63, 3.8) is 0 Å². The van der Waals surface area contributed by atoms with Crippen molar-refractivity contribution >= 4 is 17.8 Å². The van der Waals surface area contributed by atoms with Crippen molar-refractivity contribution in [2.45, 2.75) is 18.4 Å². The number of hydrogen-bond acceptors (Lipinski definition) is 4. The molecule has 0 saturated carbocycles. The first-order chi connectivity index (χ1) is 14.7. The van der Waals surface area contributed by atoms with Gasteiger partial charge in [0, 0.05) is 29.7 Å². The van der Waals surface area contributed by atoms with E-state index in [-0.39, 0.29) is 29.8 Å². The minimum Gasteiger partial charge on any atom is -0.467 e. The SMILES string of the molecule is C=C1C[C@@H](C(=O)OC)N(C(=O)CNC(=O)c2ccc3c(c2)-c2ccccc2C3(F)F)C1. The molecule has 1 aliphatic heterocycles. The van der Waals surface area contributed by atoms with Gasteiger partial charge in [-0.15, -0.1) is 0 Å². The molecule has 1 fully saturated rings. The highest BCUT2D eigenvalue weighted by atomic mass is 19.3. The summed E-state index contributed by atoms with van der Waals surface area (Å²) in [5.74, 6) is -4.70. The van der Waals surface area contributed by atoms with Crippen molar-refractivity contribution < 1.29 is 27.9 Å². The molecule has 1 aliphatic carbocycles. The van der Waals surface area contributed by atoms with Crippen LogP contribution in [0.15, 0.2) is 54.6 Å². The minimum atomic E-state index is -3.13. The third-order valence-corrected chi connectivity index (χ3v) is 5.62. The van der Waals surface area contributed by atoms with Crippen molar-refractivity contribution in [1.82, 2.24) is 10.2 Å². The van der Waals surface area contributed by atoms with Gasteiger partial charge in [-0.1, -0.05) is 42.5 Å². The molecule has 0 radical (unpaired) electrons. The van der Waals surface area contributed by atoms with Gasteiger partial charge in [0.1, 0.15) is 6.04 Å². The third-order valence-electron chi connectivity index (χ3n) is 5.62. The molecule has 2 aromatic carbocycles. The fourth-order valence-corrected chi connectivity index (χ4v) is 4.09. The number of rotatable bonds is 4. The maximum atomic E-state index is 14.7. The van der Waals surface area contributed by atoms with Crippen LogP contribution in [0.2, 0.25) is 0 Å². The van der Waals surface area contributed by atoms with Crippen LogP contribution < -0.4 is 5.32 Å². The van der Waals surface area contributed by atoms with Gasteiger partial charge in [-0.3, -0.25) is 9.59 Å². The molecule has 0 spiro atoms. The highest BCUT2D eigenvalue weighted by Gasteiger charge is 2.44. The lowest BCUT2D eigenvalue weighted by atomic mass is 10.0. The number of nitrogens with zero attached hydrogens (tertiary/aromatic N) is 1. The van der Waals surface area contributed by atoms with Crippen LogP contribution in [0.3, 0.4) is 0 Å². The molecule has 0 unspecified atom stereocenters. The largest absolute Gasteiger partial charge is 0.467 e. The molecule has 0 aromatic heterocycles. The van der Waals surface area contributed by atoms with E-state index in [2.05, 4.69) is 11.9 Å². The monoisotopic (exact) mass is 426 g/mol. The molecule has 1 saturated heterocycles. The normalized spacial score (nSPS) is 18.4. The Balaban J connectivity index is 1.49. The van der Waals surface area contributed by atoms with Crippen LogP contribution >= 0.6 is 0 Å². The molecule has 0 bridgehead atoms. The molecule has 4 rings (SSSR count). The van der Waals surface area contributed by atoms with E-state index in [0.29, 0.717) is 23.1 Å². The number of carbonyl (C=O) groups excluding carboxylic acids is 3. The number of methoxy groups -OCH3 is 1. The lowest BCUT2D eigenvalue weighted by Gasteiger charge is -2.22. The first-order valence-electron chi connectivity index (χ1n) is 9.68. The van der Waals surface area contributed by atoms with E-state index in [4.69, 9.17) is 4.74 Å². The van der Waals surface area contributed by atoms with E-state index in [1.54, 1.807) is 18.2 Å². The van der Waals surface area contributed by atoms with Gasteiger partial charge in [-0.2, -0.15) is 8.78 Å². The summed E-state index contributed by atoms with van der Waals surface area (Å²) in [6, 6.07) is 9.37. The predicted octanol–water partition coefficient (Wildman–Crippen LogP) is 2.87. The standard InChI is InChI=1S/C23H20F2N2O4/c1-13-9-19(22(30)31-2)27(12-13)20(28)11-26-21(29)14-7-8-18-16(10-14)15-5-3-4-6-17(15)23(18,24)25/h3-8,10,19H,1,9,11-12H2,2H3,(H,26,29)/t19-/m0/s1. The van der Waals surface area contributed by atoms with Gasteiger partial charge in [0.15, 0.2) is 0 Å². The molecule has 1 heterocycles. The van der Waals surface area contributed by atoms with Crippen molar-refractivity contribution in [3.05, 3.63) is 71.3 Å². The molecule has 8 heteroatoms. The van der Waals surface area contributed by atoms with Crippen molar-refractivity contribution in [2.24, 2.45) is 0 Å². The van der Waals surface area contributed by atoms with Gasteiger partial charge < -0.3 is 15.0 Å². The van der Waals surface area contributed by atoms with Crippen LogP contribution in [-0.2, 0) is 20.2 Å². The molecule has 2 aromatic rings. The zero-order valence-electron chi connectivity index (χ0n) is 16.8. The van der Waals surface area contributed by atoms with Crippen LogP contribution in [-0.4, -0.2) is 48.9 Å². The Morgan fingerprint density at radius 2 is 1.87 bits per heavy atom. The van der Waals surface area contributed by atoms with Crippen molar-refractivity contribution in [3.8, 4) is 11.1 Å². The molecular weight excluding hydrogens is 406 g/mol. The molecule has 1 N–H and O–H groups in total. The van der Waals surface area contributed by atoms with Crippen molar-refractivity contribution in [1.29, 1.82) is 0 Å². The van der Waals surface area contributed by atoms with E-state index >= 15 is 0 Å². The lowest BCUT2D eigenvalue weighted by molar-refractivity contribution is -0.150. The molecule has 2 amide bonds. The average molecular weight is 426 g/mol. The summed E-state index contributed by atoms with van der Waals surface area (Å²) in [7, 11) is 1.24. The third kappa shape index (κ3) is 3.48. The first kappa shape index (κ1) is 20.7. The van der Waals surface area contributed by atoms with Crippen LogP contribution in [0.25, 0.3) is 11.1 Å². The number of alkyl halides is 2. The van der Waals surface area contributed by atoms with E-state index in [0.717, 1.165) is 0 Å². The first-order valence-corrected chi connectivity index (χ1v) is 9.68. The molecular formula is C23H20F2N2O4. The van der Waals surface area contributed by atoms with Gasteiger partial charge in [0.05, 0.1) is 13.7 Å². The van der Waals surface area contributed by atoms with Gasteiger partial charge >= 0.3 is 5.97 Å². The topological polar surface area (TPSA) is 75.7 Å². The Morgan fingerprint density at radius 1 is 1.16 bits per heavy atom. The number of ether oxygens (including phenoxy) is 1. The highest BCUT2D eigenvalue weighted by Crippen LogP contribution is 2.50. The lowest BCUT2D eigenvalue weighted by Crippen LogP contribution is -2.45. The van der Waals surface area contributed by atoms with Crippen LogP contribution in [0.4, 0.5) is 8.78 Å². The van der Waals surface area contributed by atoms with Crippen LogP contribution in [0, 0.1) is 0 Å². The van der Waals surface area contributed by atoms with Crippen LogP contribution in [0.1, 0.15) is 27.9 Å². The molecule has 1 atom stereocenters. The number of nitrogens with one attached hydrogen (secondary N) is 1. The number of esters is 1. The molecule has 31 heavy (non-hydrogen) atoms. The maximum Gasteiger partial charge on any atom is 0.328 e. The number of benzene rings is 2. The van der Waals surface area contributed by atoms with Gasteiger partial charge in [0.25, 0.3) is 11.8 Å². The second kappa shape index (κ2) is 7.61. The Kier molecular flexibility index (Phi) is 5.08. The average Bonchev–Trinajstić information content (AvgIpc) is 3.27. The summed E-state index contributed by atoms with van der Waals surface area (Å²) in [6.45, 7) is 3.67. The molecule has 160 valence electrons. The van der Waals surface area contributed by atoms with Gasteiger partial charge in [0.2, 0.25) is 5.91 Å². The number of fused-ring (bicyclic) bond motifs is 3. The summed E-state index contributed by atoms with van der Waals surface area (Å²) < 4.78 is 34.0. The number of hydrogen-bond donors (Lipinski definition) is 1. The summed E-state index contributed by atoms with van der Waals surface area (Å²) in [4.78, 5) is 38.4. The summed E-state index contributed by atoms with van der Waals surface area (Å²) in [6.07, 6.45) is 0.310. The summed E-state index contributed by atoms with van der Waals surface area (Å²) in [5.41, 5.74) is 1.30. The molecule has 6 nitrogen and oxygen atoms in total. The minimum absolute atomic E-state index is 0.0964. The van der Waals surface area contributed by atoms with E-state index < -0.39 is 29.7 Å². The van der Waals surface area contributed by atoms with E-state index in [9.17, 15) is 23.2 Å². The summed E-state index contributed by atoms with van der Waals surface area (Å²) >= 11 is 0. The maximum absolute atomic E-state index is 14.7. The second-order valence-electron chi connectivity index (χ2n) is 7.58. The summed E-state index contributed by atoms with van der Waals surface area (Å²) in [5, 5.41) is 2.50. The van der Waals surface area contributed by atoms with E-state index in [1.165, 1.54) is 36.3 Å². The number of halogens is 2. The van der Waals surface area contributed by atoms with E-state index in [1.807, 2.05) is 0 Å². The fourth-order valence-electron chi connectivity index (χ4n) is 4.09. The number of amides is 2. The van der Waals surface area contributed by atoms with Gasteiger partial charge in [-0.25, -0.2) is 4.79 Å². The second-order valence-corrected chi connectivity index (χ2v) is 7.58. The fraction of sp³-hybridized carbons (Fsp3) is 0.261. The predicted molar refractivity (Wildman–Crippen MR) is 108 cm³/mol. The molecule has 2 aliphatic rings. The van der Waals surface area contributed by atoms with Crippen molar-refractivity contribution in [2.75, 3.05) is 20.2 Å². The Morgan fingerprint density at radius 3 is 2.61 bits per heavy atom. The zero-order chi connectivity index (χ0) is 22.3. The Labute approximate surface area is 177 Å². The quantitative estimate of drug-likeness (QED) is 0.603. The highest BCUT2D eigenvalue weighted by molar-refractivity contribution is 5.99. The smallest absolute Gasteiger partial charge is 0.328 e. The zero-order valence-corrected chi connectivity index (χ0v) is 16.8. The Hall–Kier alpha value is -3.55. The van der Waals surface area contributed by atoms with Crippen LogP contribution in [0.5, 0.6) is 0 Å². The number of carbonyl (C=O) groups is 3. The Bertz CT molecular complexity index is 1110. The number of likely N-dealkylation sites (tertiary alicyclic amines) is 1. The van der Waals surface area contributed by atoms with Gasteiger partial charge in [-0.05, 0) is 23.3 Å².